The number of nitrogens with one attached hydrogen (secondary N) is 1. The van der Waals surface area contributed by atoms with Crippen molar-refractivity contribution in [2.75, 3.05) is 0 Å². The summed E-state index contributed by atoms with van der Waals surface area (Å²) in [6, 6.07) is 30.7. The highest BCUT2D eigenvalue weighted by atomic mass is 32.2. The fourth-order valence-corrected chi connectivity index (χ4v) is 4.13. The third kappa shape index (κ3) is 5.64. The lowest BCUT2D eigenvalue weighted by atomic mass is 9.92. The van der Waals surface area contributed by atoms with Gasteiger partial charge in [-0.15, -0.1) is 0 Å². The zero-order valence-corrected chi connectivity index (χ0v) is 18.9. The Bertz CT molecular complexity index is 1430. The van der Waals surface area contributed by atoms with E-state index in [2.05, 4.69) is 10.5 Å². The van der Waals surface area contributed by atoms with E-state index in [-0.39, 0.29) is 17.2 Å². The minimum Gasteiger partial charge on any atom is -0.282 e. The molecular formula is C27H22N2O4S. The second kappa shape index (κ2) is 10.2. The number of carbonyl (C=O) groups is 1. The molecule has 1 amide bonds. The number of nitrogens with zero attached hydrogens (tertiary/aromatic N) is 1. The lowest BCUT2D eigenvalue weighted by Gasteiger charge is -2.14. The van der Waals surface area contributed by atoms with Gasteiger partial charge in [-0.1, -0.05) is 91.0 Å². The molecule has 0 unspecified atom stereocenters. The van der Waals surface area contributed by atoms with Crippen LogP contribution in [0.2, 0.25) is 0 Å². The lowest BCUT2D eigenvalue weighted by Crippen LogP contribution is -2.19. The van der Waals surface area contributed by atoms with Crippen LogP contribution in [0.5, 0.6) is 0 Å². The molecule has 34 heavy (non-hydrogen) atoms. The van der Waals surface area contributed by atoms with E-state index in [1.807, 2.05) is 84.9 Å². The van der Waals surface area contributed by atoms with Crippen molar-refractivity contribution in [3.8, 4) is 22.3 Å². The smallest absolute Gasteiger partial charge is 0.282 e. The summed E-state index contributed by atoms with van der Waals surface area (Å²) in [5.74, 6) is -0.252. The second-order valence-electron chi connectivity index (χ2n) is 7.59. The van der Waals surface area contributed by atoms with Gasteiger partial charge in [-0.2, -0.15) is 13.5 Å². The molecule has 0 aromatic heterocycles. The minimum atomic E-state index is -4.39. The number of hydrogen-bond donors (Lipinski definition) is 2. The average Bonchev–Trinajstić information content (AvgIpc) is 2.84. The predicted molar refractivity (Wildman–Crippen MR) is 133 cm³/mol. The third-order valence-electron chi connectivity index (χ3n) is 5.23. The van der Waals surface area contributed by atoms with Crippen LogP contribution in [0.25, 0.3) is 22.3 Å². The maximum Gasteiger partial charge on any atom is 0.294 e. The van der Waals surface area contributed by atoms with Crippen LogP contribution in [0.15, 0.2) is 113 Å². The van der Waals surface area contributed by atoms with Crippen molar-refractivity contribution < 1.29 is 17.8 Å². The zero-order chi connectivity index (χ0) is 24.0. The Labute approximate surface area is 198 Å². The van der Waals surface area contributed by atoms with Crippen LogP contribution in [-0.4, -0.2) is 25.1 Å². The van der Waals surface area contributed by atoms with E-state index in [0.717, 1.165) is 16.7 Å². The second-order valence-corrected chi connectivity index (χ2v) is 9.01. The first kappa shape index (κ1) is 23.1. The van der Waals surface area contributed by atoms with Gasteiger partial charge in [0, 0.05) is 5.56 Å². The first-order valence-electron chi connectivity index (χ1n) is 10.5. The molecule has 4 aromatic carbocycles. The van der Waals surface area contributed by atoms with Crippen LogP contribution in [0.3, 0.4) is 0 Å². The first-order chi connectivity index (χ1) is 16.4. The van der Waals surface area contributed by atoms with Crippen LogP contribution in [0.1, 0.15) is 11.1 Å². The van der Waals surface area contributed by atoms with Crippen LogP contribution in [0.4, 0.5) is 0 Å². The molecule has 0 bridgehead atoms. The number of rotatable bonds is 7. The van der Waals surface area contributed by atoms with Gasteiger partial charge in [0.1, 0.15) is 0 Å². The summed E-state index contributed by atoms with van der Waals surface area (Å²) < 4.78 is 33.3. The molecule has 4 rings (SSSR count). The van der Waals surface area contributed by atoms with Crippen LogP contribution < -0.4 is 5.43 Å². The van der Waals surface area contributed by atoms with E-state index >= 15 is 0 Å². The fraction of sp³-hybridized carbons (Fsp3) is 0.0370. The summed E-state index contributed by atoms with van der Waals surface area (Å²) in [5.41, 5.74) is 7.08. The van der Waals surface area contributed by atoms with E-state index in [4.69, 9.17) is 0 Å². The molecule has 0 heterocycles. The monoisotopic (exact) mass is 470 g/mol. The Morgan fingerprint density at radius 3 is 2.15 bits per heavy atom. The summed E-state index contributed by atoms with van der Waals surface area (Å²) in [6.45, 7) is 0. The molecule has 0 aliphatic rings. The van der Waals surface area contributed by atoms with Crippen molar-refractivity contribution >= 4 is 22.2 Å². The Balaban J connectivity index is 1.69. The summed E-state index contributed by atoms with van der Waals surface area (Å²) in [4.78, 5) is 12.0. The molecule has 0 atom stereocenters. The summed E-state index contributed by atoms with van der Waals surface area (Å²) >= 11 is 0. The van der Waals surface area contributed by atoms with Gasteiger partial charge in [0.05, 0.1) is 17.5 Å². The lowest BCUT2D eigenvalue weighted by molar-refractivity contribution is -0.120. The number of benzene rings is 4. The molecule has 7 heteroatoms. The molecule has 6 nitrogen and oxygen atoms in total. The molecule has 0 spiro atoms. The maximum atomic E-state index is 12.2. The van der Waals surface area contributed by atoms with Crippen molar-refractivity contribution in [3.63, 3.8) is 0 Å². The number of carbonyl (C=O) groups excluding carboxylic acids is 1. The van der Waals surface area contributed by atoms with Crippen molar-refractivity contribution in [1.29, 1.82) is 0 Å². The van der Waals surface area contributed by atoms with Crippen molar-refractivity contribution in [2.45, 2.75) is 11.3 Å². The Morgan fingerprint density at radius 1 is 0.794 bits per heavy atom. The van der Waals surface area contributed by atoms with Crippen LogP contribution >= 0.6 is 0 Å². The number of hydrazone groups is 1. The highest BCUT2D eigenvalue weighted by molar-refractivity contribution is 7.85. The van der Waals surface area contributed by atoms with Gasteiger partial charge >= 0.3 is 0 Å². The third-order valence-corrected chi connectivity index (χ3v) is 6.07. The molecule has 0 radical (unpaired) electrons. The standard InChI is InChI=1S/C27H22N2O4S/c30-27(17-20-9-3-1-4-10-20)29-28-19-22-13-7-8-14-24(22)26-18-23(34(31,32)33)15-16-25(26)21-11-5-2-6-12-21/h1-16,18-19H,17H2,(H,29,30)(H,31,32,33). The molecule has 0 saturated heterocycles. The van der Waals surface area contributed by atoms with Gasteiger partial charge in [-0.25, -0.2) is 5.43 Å². The van der Waals surface area contributed by atoms with E-state index in [9.17, 15) is 17.8 Å². The molecule has 2 N–H and O–H groups in total. The van der Waals surface area contributed by atoms with Crippen molar-refractivity contribution in [2.24, 2.45) is 5.10 Å². The van der Waals surface area contributed by atoms with Gasteiger partial charge in [0.2, 0.25) is 5.91 Å². The van der Waals surface area contributed by atoms with Crippen LogP contribution in [0, 0.1) is 0 Å². The Morgan fingerprint density at radius 2 is 1.44 bits per heavy atom. The largest absolute Gasteiger partial charge is 0.294 e. The highest BCUT2D eigenvalue weighted by Crippen LogP contribution is 2.35. The van der Waals surface area contributed by atoms with E-state index in [0.29, 0.717) is 16.7 Å². The molecule has 0 saturated carbocycles. The first-order valence-corrected chi connectivity index (χ1v) is 12.0. The molecular weight excluding hydrogens is 448 g/mol. The summed E-state index contributed by atoms with van der Waals surface area (Å²) in [6.07, 6.45) is 1.72. The van der Waals surface area contributed by atoms with Gasteiger partial charge in [-0.05, 0) is 39.9 Å². The van der Waals surface area contributed by atoms with Gasteiger partial charge in [0.15, 0.2) is 0 Å². The molecule has 4 aromatic rings. The molecule has 170 valence electrons. The van der Waals surface area contributed by atoms with E-state index < -0.39 is 10.1 Å². The highest BCUT2D eigenvalue weighted by Gasteiger charge is 2.16. The van der Waals surface area contributed by atoms with E-state index in [1.165, 1.54) is 18.3 Å². The maximum absolute atomic E-state index is 12.2. The van der Waals surface area contributed by atoms with E-state index in [1.54, 1.807) is 6.07 Å². The van der Waals surface area contributed by atoms with Gasteiger partial charge < -0.3 is 0 Å². The molecule has 0 aliphatic heterocycles. The predicted octanol–water partition coefficient (Wildman–Crippen LogP) is 4.96. The van der Waals surface area contributed by atoms with Crippen molar-refractivity contribution in [1.82, 2.24) is 5.43 Å². The number of hydrogen-bond acceptors (Lipinski definition) is 4. The number of amides is 1. The topological polar surface area (TPSA) is 95.8 Å². The minimum absolute atomic E-state index is 0.203. The summed E-state index contributed by atoms with van der Waals surface area (Å²) in [7, 11) is -4.39. The van der Waals surface area contributed by atoms with Gasteiger partial charge in [-0.3, -0.25) is 9.35 Å². The quantitative estimate of drug-likeness (QED) is 0.227. The Kier molecular flexibility index (Phi) is 6.96. The van der Waals surface area contributed by atoms with Gasteiger partial charge in [0.25, 0.3) is 10.1 Å². The SMILES string of the molecule is O=C(Cc1ccccc1)NN=Cc1ccccc1-c1cc(S(=O)(=O)O)ccc1-c1ccccc1. The fourth-order valence-electron chi connectivity index (χ4n) is 3.63. The normalized spacial score (nSPS) is 11.4. The van der Waals surface area contributed by atoms with Crippen molar-refractivity contribution in [3.05, 3.63) is 114 Å². The zero-order valence-electron chi connectivity index (χ0n) is 18.1. The molecule has 0 aliphatic carbocycles. The Hall–Kier alpha value is -4.07. The molecule has 0 fully saturated rings. The average molecular weight is 471 g/mol. The van der Waals surface area contributed by atoms with Crippen LogP contribution in [-0.2, 0) is 21.3 Å². The summed E-state index contributed by atoms with van der Waals surface area (Å²) in [5, 5.41) is 4.11.